The molecule has 0 saturated heterocycles. The Morgan fingerprint density at radius 2 is 2.17 bits per heavy atom. The van der Waals surface area contributed by atoms with Gasteiger partial charge in [-0.15, -0.1) is 11.3 Å². The quantitative estimate of drug-likeness (QED) is 0.364. The molecule has 3 aromatic rings. The Bertz CT molecular complexity index is 924. The first-order valence-corrected chi connectivity index (χ1v) is 8.69. The number of aromatic nitrogens is 1. The average molecular weight is 360 g/mol. The smallest absolute Gasteiger partial charge is 0.270 e. The fraction of sp³-hybridized carbons (Fsp3) is 0.125. The lowest BCUT2D eigenvalue weighted by atomic mass is 10.2. The number of hydrogen-bond donors (Lipinski definition) is 0. The molecule has 0 saturated carbocycles. The Balaban J connectivity index is 1.91. The van der Waals surface area contributed by atoms with E-state index < -0.39 is 4.92 Å². The summed E-state index contributed by atoms with van der Waals surface area (Å²) in [5.74, 6) is 0.760. The zero-order valence-corrected chi connectivity index (χ0v) is 14.2. The van der Waals surface area contributed by atoms with Crippen molar-refractivity contribution in [2.24, 2.45) is 0 Å². The minimum Gasteiger partial charge on any atom is -0.494 e. The third-order valence-electron chi connectivity index (χ3n) is 3.18. The van der Waals surface area contributed by atoms with Crippen molar-refractivity contribution in [3.63, 3.8) is 0 Å². The highest BCUT2D eigenvalue weighted by Crippen LogP contribution is 2.37. The number of benzene rings is 2. The maximum absolute atomic E-state index is 11.2. The number of ether oxygens (including phenoxy) is 1. The molecule has 0 spiro atoms. The van der Waals surface area contributed by atoms with Crippen molar-refractivity contribution in [3.8, 4) is 5.75 Å². The molecular formula is C16H12N2O4S2. The van der Waals surface area contributed by atoms with E-state index in [2.05, 4.69) is 4.98 Å². The molecule has 0 atom stereocenters. The minimum absolute atomic E-state index is 0.105. The van der Waals surface area contributed by atoms with Crippen molar-refractivity contribution in [2.45, 2.75) is 16.2 Å². The van der Waals surface area contributed by atoms with Crippen LogP contribution in [-0.2, 0) is 0 Å². The zero-order valence-electron chi connectivity index (χ0n) is 12.6. The second-order valence-electron chi connectivity index (χ2n) is 4.74. The van der Waals surface area contributed by atoms with E-state index in [1.54, 1.807) is 6.07 Å². The number of aldehydes is 1. The van der Waals surface area contributed by atoms with Gasteiger partial charge in [-0.1, -0.05) is 11.8 Å². The van der Waals surface area contributed by atoms with Gasteiger partial charge in [-0.05, 0) is 25.1 Å². The van der Waals surface area contributed by atoms with Crippen LogP contribution in [0.25, 0.3) is 10.2 Å². The third-order valence-corrected chi connectivity index (χ3v) is 5.37. The molecule has 0 N–H and O–H groups in total. The molecular weight excluding hydrogens is 348 g/mol. The van der Waals surface area contributed by atoms with Gasteiger partial charge in [0.1, 0.15) is 5.75 Å². The Hall–Kier alpha value is -2.45. The van der Waals surface area contributed by atoms with Crippen LogP contribution < -0.4 is 4.74 Å². The van der Waals surface area contributed by atoms with E-state index in [1.807, 2.05) is 25.1 Å². The molecule has 122 valence electrons. The lowest BCUT2D eigenvalue weighted by molar-refractivity contribution is -0.384. The number of carbonyl (C=O) groups is 1. The second kappa shape index (κ2) is 6.98. The summed E-state index contributed by atoms with van der Waals surface area (Å²) in [4.78, 5) is 26.7. The van der Waals surface area contributed by atoms with E-state index in [1.165, 1.54) is 35.2 Å². The number of non-ortho nitro benzene ring substituents is 1. The van der Waals surface area contributed by atoms with Crippen molar-refractivity contribution in [2.75, 3.05) is 6.61 Å². The Morgan fingerprint density at radius 3 is 2.88 bits per heavy atom. The number of carbonyl (C=O) groups excluding carboxylic acids is 1. The van der Waals surface area contributed by atoms with Gasteiger partial charge in [0.2, 0.25) is 0 Å². The zero-order chi connectivity index (χ0) is 17.1. The fourth-order valence-electron chi connectivity index (χ4n) is 2.11. The molecule has 3 rings (SSSR count). The number of fused-ring (bicyclic) bond motifs is 1. The monoisotopic (exact) mass is 360 g/mol. The van der Waals surface area contributed by atoms with E-state index in [0.717, 1.165) is 20.3 Å². The van der Waals surface area contributed by atoms with Gasteiger partial charge in [0.05, 0.1) is 21.7 Å². The van der Waals surface area contributed by atoms with Crippen LogP contribution in [0.5, 0.6) is 5.75 Å². The number of hydrogen-bond acceptors (Lipinski definition) is 7. The largest absolute Gasteiger partial charge is 0.494 e. The summed E-state index contributed by atoms with van der Waals surface area (Å²) in [5, 5.41) is 10.8. The molecule has 0 fully saturated rings. The molecule has 0 aliphatic rings. The third kappa shape index (κ3) is 3.39. The van der Waals surface area contributed by atoms with Crippen molar-refractivity contribution >= 4 is 45.3 Å². The van der Waals surface area contributed by atoms with Gasteiger partial charge in [-0.2, -0.15) is 0 Å². The maximum Gasteiger partial charge on any atom is 0.270 e. The fourth-order valence-corrected chi connectivity index (χ4v) is 4.19. The normalized spacial score (nSPS) is 10.7. The highest BCUT2D eigenvalue weighted by Gasteiger charge is 2.13. The number of nitro groups is 1. The molecule has 0 amide bonds. The van der Waals surface area contributed by atoms with Crippen molar-refractivity contribution in [3.05, 3.63) is 52.1 Å². The van der Waals surface area contributed by atoms with Gasteiger partial charge in [0, 0.05) is 28.7 Å². The van der Waals surface area contributed by atoms with Crippen molar-refractivity contribution < 1.29 is 14.5 Å². The van der Waals surface area contributed by atoms with Crippen LogP contribution in [0.4, 0.5) is 5.69 Å². The SMILES string of the molecule is CCOc1ccc2sc(Sc3ccc([N+](=O)[O-])cc3C=O)nc2c1. The average Bonchev–Trinajstić information content (AvgIpc) is 2.97. The van der Waals surface area contributed by atoms with Gasteiger partial charge in [-0.3, -0.25) is 14.9 Å². The standard InChI is InChI=1S/C16H12N2O4S2/c1-2-22-12-4-6-15-13(8-12)17-16(24-15)23-14-5-3-11(18(20)21)7-10(14)9-19/h3-9H,2H2,1H3. The molecule has 0 aliphatic heterocycles. The Kier molecular flexibility index (Phi) is 4.77. The van der Waals surface area contributed by atoms with Gasteiger partial charge < -0.3 is 4.74 Å². The van der Waals surface area contributed by atoms with Gasteiger partial charge >= 0.3 is 0 Å². The molecule has 0 unspecified atom stereocenters. The van der Waals surface area contributed by atoms with E-state index >= 15 is 0 Å². The summed E-state index contributed by atoms with van der Waals surface area (Å²) in [5.41, 5.74) is 0.999. The van der Waals surface area contributed by atoms with Gasteiger partial charge in [0.15, 0.2) is 10.6 Å². The van der Waals surface area contributed by atoms with E-state index in [-0.39, 0.29) is 11.3 Å². The van der Waals surface area contributed by atoms with Crippen LogP contribution in [-0.4, -0.2) is 22.8 Å². The summed E-state index contributed by atoms with van der Waals surface area (Å²) in [6, 6.07) is 9.94. The first-order valence-electron chi connectivity index (χ1n) is 7.05. The predicted molar refractivity (Wildman–Crippen MR) is 93.4 cm³/mol. The van der Waals surface area contributed by atoms with E-state index in [4.69, 9.17) is 4.74 Å². The van der Waals surface area contributed by atoms with Crippen LogP contribution in [0.3, 0.4) is 0 Å². The van der Waals surface area contributed by atoms with Crippen LogP contribution in [0.15, 0.2) is 45.6 Å². The number of thiazole rings is 1. The lowest BCUT2D eigenvalue weighted by Crippen LogP contribution is -1.91. The van der Waals surface area contributed by atoms with E-state index in [9.17, 15) is 14.9 Å². The minimum atomic E-state index is -0.519. The summed E-state index contributed by atoms with van der Waals surface area (Å²) in [7, 11) is 0. The second-order valence-corrected chi connectivity index (χ2v) is 7.06. The molecule has 2 aromatic carbocycles. The molecule has 1 heterocycles. The highest BCUT2D eigenvalue weighted by atomic mass is 32.2. The van der Waals surface area contributed by atoms with Crippen molar-refractivity contribution in [1.29, 1.82) is 0 Å². The molecule has 1 aromatic heterocycles. The predicted octanol–water partition coefficient (Wildman–Crippen LogP) is 4.57. The highest BCUT2D eigenvalue weighted by molar-refractivity contribution is 8.01. The Morgan fingerprint density at radius 1 is 1.33 bits per heavy atom. The number of nitro benzene ring substituents is 1. The van der Waals surface area contributed by atoms with Crippen LogP contribution in [0, 0.1) is 10.1 Å². The van der Waals surface area contributed by atoms with Gasteiger partial charge in [0.25, 0.3) is 5.69 Å². The molecule has 24 heavy (non-hydrogen) atoms. The van der Waals surface area contributed by atoms with Gasteiger partial charge in [-0.25, -0.2) is 4.98 Å². The van der Waals surface area contributed by atoms with Crippen LogP contribution >= 0.6 is 23.1 Å². The molecule has 8 heteroatoms. The van der Waals surface area contributed by atoms with Crippen molar-refractivity contribution in [1.82, 2.24) is 4.98 Å². The maximum atomic E-state index is 11.2. The molecule has 0 aliphatic carbocycles. The summed E-state index contributed by atoms with van der Waals surface area (Å²) < 4.78 is 7.23. The first kappa shape index (κ1) is 16.4. The topological polar surface area (TPSA) is 82.3 Å². The number of rotatable bonds is 6. The van der Waals surface area contributed by atoms with Crippen LogP contribution in [0.2, 0.25) is 0 Å². The number of nitrogens with zero attached hydrogens (tertiary/aromatic N) is 2. The summed E-state index contributed by atoms with van der Waals surface area (Å²) >= 11 is 2.81. The summed E-state index contributed by atoms with van der Waals surface area (Å²) in [6.45, 7) is 2.50. The molecule has 0 bridgehead atoms. The first-order chi connectivity index (χ1) is 11.6. The lowest BCUT2D eigenvalue weighted by Gasteiger charge is -2.01. The van der Waals surface area contributed by atoms with Crippen LogP contribution in [0.1, 0.15) is 17.3 Å². The molecule has 0 radical (unpaired) electrons. The summed E-state index contributed by atoms with van der Waals surface area (Å²) in [6.07, 6.45) is 0.621. The molecule has 6 nitrogen and oxygen atoms in total. The van der Waals surface area contributed by atoms with E-state index in [0.29, 0.717) is 17.8 Å². The Labute approximate surface area is 145 Å².